The van der Waals surface area contributed by atoms with Crippen molar-refractivity contribution >= 4 is 23.5 Å². The monoisotopic (exact) mass is 303 g/mol. The Kier molecular flexibility index (Phi) is 4.46. The molecule has 104 valence electrons. The highest BCUT2D eigenvalue weighted by Crippen LogP contribution is 2.17. The first kappa shape index (κ1) is 14.9. The Morgan fingerprint density at radius 1 is 1.14 bits per heavy atom. The highest BCUT2D eigenvalue weighted by molar-refractivity contribution is 6.30. The van der Waals surface area contributed by atoms with Crippen molar-refractivity contribution in [3.63, 3.8) is 0 Å². The fourth-order valence-electron chi connectivity index (χ4n) is 1.68. The van der Waals surface area contributed by atoms with Crippen LogP contribution in [0.15, 0.2) is 48.0 Å². The molecule has 0 bridgehead atoms. The zero-order valence-corrected chi connectivity index (χ0v) is 11.4. The zero-order chi connectivity index (χ0) is 15.4. The second-order valence-corrected chi connectivity index (χ2v) is 4.61. The molecule has 0 N–H and O–H groups in total. The number of halogens is 3. The van der Waals surface area contributed by atoms with Gasteiger partial charge in [-0.05, 0) is 42.5 Å². The maximum atomic E-state index is 13.5. The van der Waals surface area contributed by atoms with Gasteiger partial charge in [0.05, 0.1) is 0 Å². The summed E-state index contributed by atoms with van der Waals surface area (Å²) in [6, 6.07) is 10.6. The molecule has 0 amide bonds. The Labute approximate surface area is 124 Å². The molecule has 2 nitrogen and oxygen atoms in total. The molecule has 5 heteroatoms. The van der Waals surface area contributed by atoms with Crippen LogP contribution >= 0.6 is 11.6 Å². The number of carbonyl (C=O) groups is 1. The molecule has 0 aliphatic rings. The van der Waals surface area contributed by atoms with E-state index in [1.807, 2.05) is 0 Å². The summed E-state index contributed by atoms with van der Waals surface area (Å²) in [7, 11) is 0. The number of nitrogens with zero attached hydrogens (tertiary/aromatic N) is 1. The Morgan fingerprint density at radius 3 is 2.38 bits per heavy atom. The SMILES string of the molecule is N#C/C(=C\c1ccc(F)cc1F)C(=O)c1ccc(Cl)cc1. The highest BCUT2D eigenvalue weighted by atomic mass is 35.5. The van der Waals surface area contributed by atoms with Gasteiger partial charge in [0, 0.05) is 22.2 Å². The van der Waals surface area contributed by atoms with E-state index in [2.05, 4.69) is 0 Å². The molecule has 2 rings (SSSR count). The standard InChI is InChI=1S/C16H8ClF2NO/c17-13-4-1-10(2-5-13)16(21)12(9-20)7-11-3-6-14(18)8-15(11)19/h1-8H/b12-7+. The van der Waals surface area contributed by atoms with Crippen LogP contribution in [0.4, 0.5) is 8.78 Å². The normalized spacial score (nSPS) is 11.0. The third kappa shape index (κ3) is 3.53. The van der Waals surface area contributed by atoms with Gasteiger partial charge in [-0.2, -0.15) is 5.26 Å². The third-order valence-electron chi connectivity index (χ3n) is 2.73. The van der Waals surface area contributed by atoms with Crippen LogP contribution in [0.25, 0.3) is 6.08 Å². The molecular formula is C16H8ClF2NO. The van der Waals surface area contributed by atoms with Crippen molar-refractivity contribution in [2.75, 3.05) is 0 Å². The van der Waals surface area contributed by atoms with E-state index in [-0.39, 0.29) is 16.7 Å². The van der Waals surface area contributed by atoms with E-state index in [4.69, 9.17) is 16.9 Å². The lowest BCUT2D eigenvalue weighted by molar-refractivity contribution is 0.104. The van der Waals surface area contributed by atoms with Gasteiger partial charge in [-0.3, -0.25) is 4.79 Å². The third-order valence-corrected chi connectivity index (χ3v) is 2.99. The molecule has 0 fully saturated rings. The lowest BCUT2D eigenvalue weighted by Crippen LogP contribution is -2.02. The molecule has 0 spiro atoms. The molecule has 0 saturated carbocycles. The zero-order valence-electron chi connectivity index (χ0n) is 10.6. The molecule has 0 saturated heterocycles. The molecule has 21 heavy (non-hydrogen) atoms. The lowest BCUT2D eigenvalue weighted by Gasteiger charge is -2.01. The Bertz CT molecular complexity index is 761. The van der Waals surface area contributed by atoms with E-state index in [0.29, 0.717) is 11.1 Å². The molecule has 0 aliphatic carbocycles. The number of rotatable bonds is 3. The summed E-state index contributed by atoms with van der Waals surface area (Å²) < 4.78 is 26.4. The van der Waals surface area contributed by atoms with Crippen LogP contribution in [0.5, 0.6) is 0 Å². The number of hydrogen-bond acceptors (Lipinski definition) is 2. The second-order valence-electron chi connectivity index (χ2n) is 4.17. The van der Waals surface area contributed by atoms with Crippen molar-refractivity contribution in [3.8, 4) is 6.07 Å². The van der Waals surface area contributed by atoms with Crippen molar-refractivity contribution < 1.29 is 13.6 Å². The maximum Gasteiger partial charge on any atom is 0.203 e. The van der Waals surface area contributed by atoms with Crippen LogP contribution < -0.4 is 0 Å². The van der Waals surface area contributed by atoms with E-state index in [1.165, 1.54) is 24.3 Å². The minimum Gasteiger partial charge on any atom is -0.288 e. The Hall–Kier alpha value is -2.51. The first-order valence-corrected chi connectivity index (χ1v) is 6.26. The topological polar surface area (TPSA) is 40.9 Å². The molecule has 2 aromatic rings. The predicted molar refractivity (Wildman–Crippen MR) is 75.7 cm³/mol. The van der Waals surface area contributed by atoms with Crippen LogP contribution in [0.3, 0.4) is 0 Å². The molecule has 0 radical (unpaired) electrons. The van der Waals surface area contributed by atoms with Gasteiger partial charge in [-0.25, -0.2) is 8.78 Å². The summed E-state index contributed by atoms with van der Waals surface area (Å²) in [5.74, 6) is -2.13. The van der Waals surface area contributed by atoms with Crippen LogP contribution in [0.2, 0.25) is 5.02 Å². The Balaban J connectivity index is 2.39. The quantitative estimate of drug-likeness (QED) is 0.479. The highest BCUT2D eigenvalue weighted by Gasteiger charge is 2.13. The molecular weight excluding hydrogens is 296 g/mol. The number of allylic oxidation sites excluding steroid dienone is 1. The summed E-state index contributed by atoms with van der Waals surface area (Å²) in [4.78, 5) is 12.1. The van der Waals surface area contributed by atoms with E-state index in [0.717, 1.165) is 18.2 Å². The minimum absolute atomic E-state index is 0.0322. The average molecular weight is 304 g/mol. The molecule has 0 unspecified atom stereocenters. The van der Waals surface area contributed by atoms with Gasteiger partial charge in [0.1, 0.15) is 23.3 Å². The van der Waals surface area contributed by atoms with Crippen molar-refractivity contribution in [2.45, 2.75) is 0 Å². The summed E-state index contributed by atoms with van der Waals surface area (Å²) in [5, 5.41) is 9.51. The van der Waals surface area contributed by atoms with Crippen LogP contribution in [-0.2, 0) is 0 Å². The van der Waals surface area contributed by atoms with E-state index >= 15 is 0 Å². The lowest BCUT2D eigenvalue weighted by atomic mass is 10.0. The molecule has 0 aliphatic heterocycles. The van der Waals surface area contributed by atoms with Crippen molar-refractivity contribution in [1.29, 1.82) is 5.26 Å². The van der Waals surface area contributed by atoms with Gasteiger partial charge in [0.25, 0.3) is 0 Å². The van der Waals surface area contributed by atoms with Crippen molar-refractivity contribution in [3.05, 3.63) is 75.8 Å². The maximum absolute atomic E-state index is 13.5. The largest absolute Gasteiger partial charge is 0.288 e. The fourth-order valence-corrected chi connectivity index (χ4v) is 1.81. The van der Waals surface area contributed by atoms with Crippen LogP contribution in [0.1, 0.15) is 15.9 Å². The molecule has 0 aromatic heterocycles. The van der Waals surface area contributed by atoms with Gasteiger partial charge >= 0.3 is 0 Å². The van der Waals surface area contributed by atoms with Crippen LogP contribution in [-0.4, -0.2) is 5.78 Å². The minimum atomic E-state index is -0.841. The molecule has 2 aromatic carbocycles. The number of nitriles is 1. The number of ketones is 1. The Morgan fingerprint density at radius 2 is 1.81 bits per heavy atom. The average Bonchev–Trinajstić information content (AvgIpc) is 2.47. The van der Waals surface area contributed by atoms with Gasteiger partial charge in [0.2, 0.25) is 5.78 Å². The number of Topliss-reactive ketones (excluding diaryl/α,β-unsaturated/α-hetero) is 1. The fraction of sp³-hybridized carbons (Fsp3) is 0. The summed E-state index contributed by atoms with van der Waals surface area (Å²) >= 11 is 5.72. The first-order chi connectivity index (χ1) is 10.0. The van der Waals surface area contributed by atoms with Crippen molar-refractivity contribution in [2.24, 2.45) is 0 Å². The number of carbonyl (C=O) groups excluding carboxylic acids is 1. The van der Waals surface area contributed by atoms with E-state index in [1.54, 1.807) is 6.07 Å². The molecule has 0 heterocycles. The van der Waals surface area contributed by atoms with E-state index in [9.17, 15) is 13.6 Å². The summed E-state index contributed by atoms with van der Waals surface area (Å²) in [5.41, 5.74) is -0.0205. The predicted octanol–water partition coefficient (Wildman–Crippen LogP) is 4.41. The number of benzene rings is 2. The smallest absolute Gasteiger partial charge is 0.203 e. The second kappa shape index (κ2) is 6.29. The summed E-state index contributed by atoms with van der Waals surface area (Å²) in [6.45, 7) is 0. The molecule has 0 atom stereocenters. The van der Waals surface area contributed by atoms with Gasteiger partial charge in [-0.1, -0.05) is 11.6 Å². The van der Waals surface area contributed by atoms with E-state index < -0.39 is 17.4 Å². The first-order valence-electron chi connectivity index (χ1n) is 5.88. The van der Waals surface area contributed by atoms with Gasteiger partial charge in [-0.15, -0.1) is 0 Å². The van der Waals surface area contributed by atoms with Crippen molar-refractivity contribution in [1.82, 2.24) is 0 Å². The number of hydrogen-bond donors (Lipinski definition) is 0. The van der Waals surface area contributed by atoms with Gasteiger partial charge in [0.15, 0.2) is 0 Å². The van der Waals surface area contributed by atoms with Gasteiger partial charge < -0.3 is 0 Å². The van der Waals surface area contributed by atoms with Crippen LogP contribution in [0, 0.1) is 23.0 Å². The summed E-state index contributed by atoms with van der Waals surface area (Å²) in [6.07, 6.45) is 1.09.